The first-order valence-electron chi connectivity index (χ1n) is 14.1. The summed E-state index contributed by atoms with van der Waals surface area (Å²) in [5.41, 5.74) is 5.56. The van der Waals surface area contributed by atoms with E-state index in [1.807, 2.05) is 0 Å². The molecule has 1 heteroatoms. The second kappa shape index (κ2) is 12.7. The van der Waals surface area contributed by atoms with Crippen LogP contribution in [-0.2, 0) is 4.74 Å². The molecule has 0 amide bonds. The number of benzene rings is 2. The average molecular weight is 447 g/mol. The van der Waals surface area contributed by atoms with Crippen LogP contribution in [0.5, 0.6) is 0 Å². The van der Waals surface area contributed by atoms with Gasteiger partial charge in [-0.15, -0.1) is 0 Å². The molecule has 2 aromatic rings. The van der Waals surface area contributed by atoms with Crippen LogP contribution in [0.2, 0.25) is 0 Å². The molecule has 33 heavy (non-hydrogen) atoms. The molecule has 0 bridgehead atoms. The Balaban J connectivity index is 1.27. The van der Waals surface area contributed by atoms with Gasteiger partial charge in [-0.05, 0) is 85.0 Å². The largest absolute Gasteiger partial charge is 0.373 e. The number of hydrogen-bond acceptors (Lipinski definition) is 1. The first-order chi connectivity index (χ1) is 16.3. The van der Waals surface area contributed by atoms with Crippen molar-refractivity contribution in [3.63, 3.8) is 0 Å². The molecule has 0 aromatic heterocycles. The van der Waals surface area contributed by atoms with Crippen LogP contribution >= 0.6 is 0 Å². The van der Waals surface area contributed by atoms with Gasteiger partial charge in [-0.3, -0.25) is 0 Å². The molecule has 2 aromatic carbocycles. The second-order valence-corrected chi connectivity index (χ2v) is 10.9. The first-order valence-corrected chi connectivity index (χ1v) is 14.1. The summed E-state index contributed by atoms with van der Waals surface area (Å²) >= 11 is 0. The molecule has 1 saturated heterocycles. The minimum Gasteiger partial charge on any atom is -0.373 e. The Morgan fingerprint density at radius 3 is 1.76 bits per heavy atom. The van der Waals surface area contributed by atoms with Crippen molar-refractivity contribution in [1.82, 2.24) is 0 Å². The van der Waals surface area contributed by atoms with Crippen molar-refractivity contribution in [1.29, 1.82) is 0 Å². The molecule has 1 aliphatic carbocycles. The molecule has 0 radical (unpaired) electrons. The zero-order valence-electron chi connectivity index (χ0n) is 21.2. The molecular formula is C32H46O. The highest BCUT2D eigenvalue weighted by atomic mass is 16.5. The molecule has 2 unspecified atom stereocenters. The summed E-state index contributed by atoms with van der Waals surface area (Å²) in [4.78, 5) is 0. The maximum absolute atomic E-state index is 6.24. The smallest absolute Gasteiger partial charge is 0.0825 e. The maximum Gasteiger partial charge on any atom is 0.0825 e. The molecular weight excluding hydrogens is 400 g/mol. The van der Waals surface area contributed by atoms with Gasteiger partial charge in [0.2, 0.25) is 0 Å². The predicted molar refractivity (Wildman–Crippen MR) is 142 cm³/mol. The van der Waals surface area contributed by atoms with E-state index >= 15 is 0 Å². The molecule has 0 spiro atoms. The minimum atomic E-state index is 0.288. The summed E-state index contributed by atoms with van der Waals surface area (Å²) in [5.74, 6) is 2.53. The SMILES string of the molecule is CCCCCC1CCC(c2ccc(-c3ccc(C4CCC(CCCC)CO4)cc3)cc2)CC1. The summed E-state index contributed by atoms with van der Waals surface area (Å²) < 4.78 is 6.24. The van der Waals surface area contributed by atoms with Crippen LogP contribution in [0.3, 0.4) is 0 Å². The third-order valence-corrected chi connectivity index (χ3v) is 8.40. The molecule has 2 aliphatic rings. The number of hydrogen-bond donors (Lipinski definition) is 0. The normalized spacial score (nSPS) is 25.8. The van der Waals surface area contributed by atoms with Crippen molar-refractivity contribution in [3.05, 3.63) is 59.7 Å². The fraction of sp³-hybridized carbons (Fsp3) is 0.625. The zero-order valence-corrected chi connectivity index (χ0v) is 21.2. The number of unbranched alkanes of at least 4 members (excludes halogenated alkanes) is 3. The standard InChI is InChI=1S/C32H46O/c1-3-5-7-9-25-10-13-27(14-11-25)28-15-17-29(18-16-28)30-19-21-31(22-20-30)32-23-12-26(24-33-32)8-6-4-2/h15-22,25-27,32H,3-14,23-24H2,1-2H3. The van der Waals surface area contributed by atoms with E-state index in [4.69, 9.17) is 4.74 Å². The molecule has 1 aliphatic heterocycles. The molecule has 2 atom stereocenters. The van der Waals surface area contributed by atoms with Gasteiger partial charge < -0.3 is 4.74 Å². The van der Waals surface area contributed by atoms with E-state index in [1.165, 1.54) is 100 Å². The van der Waals surface area contributed by atoms with E-state index in [0.717, 1.165) is 24.4 Å². The van der Waals surface area contributed by atoms with Crippen LogP contribution in [-0.4, -0.2) is 6.61 Å². The summed E-state index contributed by atoms with van der Waals surface area (Å²) in [7, 11) is 0. The van der Waals surface area contributed by atoms with E-state index in [0.29, 0.717) is 0 Å². The Bertz CT molecular complexity index is 789. The molecule has 1 heterocycles. The van der Waals surface area contributed by atoms with E-state index in [-0.39, 0.29) is 6.10 Å². The summed E-state index contributed by atoms with van der Waals surface area (Å²) in [6.45, 7) is 5.53. The average Bonchev–Trinajstić information content (AvgIpc) is 2.89. The van der Waals surface area contributed by atoms with E-state index in [9.17, 15) is 0 Å². The van der Waals surface area contributed by atoms with Crippen LogP contribution in [0.4, 0.5) is 0 Å². The van der Waals surface area contributed by atoms with Gasteiger partial charge in [0.1, 0.15) is 0 Å². The van der Waals surface area contributed by atoms with Gasteiger partial charge in [0.05, 0.1) is 12.7 Å². The minimum absolute atomic E-state index is 0.288. The monoisotopic (exact) mass is 446 g/mol. The van der Waals surface area contributed by atoms with Crippen LogP contribution in [0.25, 0.3) is 11.1 Å². The number of rotatable bonds is 10. The summed E-state index contributed by atoms with van der Waals surface area (Å²) in [5, 5.41) is 0. The van der Waals surface area contributed by atoms with Crippen molar-refractivity contribution in [3.8, 4) is 11.1 Å². The van der Waals surface area contributed by atoms with E-state index < -0.39 is 0 Å². The molecule has 1 nitrogen and oxygen atoms in total. The van der Waals surface area contributed by atoms with Crippen molar-refractivity contribution >= 4 is 0 Å². The van der Waals surface area contributed by atoms with Gasteiger partial charge in [0.25, 0.3) is 0 Å². The van der Waals surface area contributed by atoms with Gasteiger partial charge in [-0.1, -0.05) is 101 Å². The lowest BCUT2D eigenvalue weighted by Crippen LogP contribution is -2.20. The van der Waals surface area contributed by atoms with Gasteiger partial charge in [-0.25, -0.2) is 0 Å². The summed E-state index contributed by atoms with van der Waals surface area (Å²) in [6, 6.07) is 18.6. The van der Waals surface area contributed by atoms with Crippen molar-refractivity contribution in [2.24, 2.45) is 11.8 Å². The topological polar surface area (TPSA) is 9.23 Å². The maximum atomic E-state index is 6.24. The molecule has 1 saturated carbocycles. The molecule has 4 rings (SSSR count). The van der Waals surface area contributed by atoms with Gasteiger partial charge in [0.15, 0.2) is 0 Å². The second-order valence-electron chi connectivity index (χ2n) is 10.9. The lowest BCUT2D eigenvalue weighted by atomic mass is 9.77. The van der Waals surface area contributed by atoms with Crippen molar-refractivity contribution in [2.45, 2.75) is 109 Å². The number of ether oxygens (including phenoxy) is 1. The molecule has 180 valence electrons. The third kappa shape index (κ3) is 6.95. The van der Waals surface area contributed by atoms with Gasteiger partial charge in [0, 0.05) is 0 Å². The fourth-order valence-electron chi connectivity index (χ4n) is 6.09. The Hall–Kier alpha value is -1.60. The highest BCUT2D eigenvalue weighted by Crippen LogP contribution is 2.38. The first kappa shape index (κ1) is 24.5. The zero-order chi connectivity index (χ0) is 22.9. The Kier molecular flexibility index (Phi) is 9.47. The fourth-order valence-corrected chi connectivity index (χ4v) is 6.09. The van der Waals surface area contributed by atoms with Crippen molar-refractivity contribution in [2.75, 3.05) is 6.61 Å². The predicted octanol–water partition coefficient (Wildman–Crippen LogP) is 9.87. The van der Waals surface area contributed by atoms with Crippen LogP contribution in [0, 0.1) is 11.8 Å². The quantitative estimate of drug-likeness (QED) is 0.330. The Morgan fingerprint density at radius 1 is 0.606 bits per heavy atom. The lowest BCUT2D eigenvalue weighted by Gasteiger charge is -2.29. The van der Waals surface area contributed by atoms with Gasteiger partial charge >= 0.3 is 0 Å². The highest BCUT2D eigenvalue weighted by Gasteiger charge is 2.23. The van der Waals surface area contributed by atoms with Crippen LogP contribution < -0.4 is 0 Å². The Labute approximate surface area is 203 Å². The highest BCUT2D eigenvalue weighted by molar-refractivity contribution is 5.64. The Morgan fingerprint density at radius 2 is 1.18 bits per heavy atom. The van der Waals surface area contributed by atoms with Crippen LogP contribution in [0.15, 0.2) is 48.5 Å². The van der Waals surface area contributed by atoms with Gasteiger partial charge in [-0.2, -0.15) is 0 Å². The van der Waals surface area contributed by atoms with E-state index in [2.05, 4.69) is 62.4 Å². The molecule has 2 fully saturated rings. The lowest BCUT2D eigenvalue weighted by molar-refractivity contribution is -0.0197. The summed E-state index contributed by atoms with van der Waals surface area (Å²) in [6.07, 6.45) is 18.0. The van der Waals surface area contributed by atoms with E-state index in [1.54, 1.807) is 5.56 Å². The third-order valence-electron chi connectivity index (χ3n) is 8.40. The van der Waals surface area contributed by atoms with Crippen LogP contribution in [0.1, 0.15) is 120 Å². The van der Waals surface area contributed by atoms with Crippen molar-refractivity contribution < 1.29 is 4.74 Å². The molecule has 0 N–H and O–H groups in total.